The summed E-state index contributed by atoms with van der Waals surface area (Å²) in [5.41, 5.74) is 1.55. The normalized spacial score (nSPS) is 11.8. The van der Waals surface area contributed by atoms with Crippen LogP contribution in [0, 0.1) is 0 Å². The monoisotopic (exact) mass is 431 g/mol. The Labute approximate surface area is 164 Å². The lowest BCUT2D eigenvalue weighted by Gasteiger charge is -2.17. The van der Waals surface area contributed by atoms with Gasteiger partial charge in [-0.3, -0.25) is 4.79 Å². The molecule has 0 aliphatic heterocycles. The number of amides is 1. The zero-order valence-corrected chi connectivity index (χ0v) is 16.3. The Morgan fingerprint density at radius 2 is 1.60 bits per heavy atom. The van der Waals surface area contributed by atoms with E-state index in [9.17, 15) is 4.79 Å². The average molecular weight is 433 g/mol. The first-order valence-electron chi connectivity index (χ1n) is 7.66. The Balaban J connectivity index is 1.87. The van der Waals surface area contributed by atoms with Crippen LogP contribution < -0.4 is 5.32 Å². The molecule has 1 unspecified atom stereocenters. The van der Waals surface area contributed by atoms with Gasteiger partial charge in [0.1, 0.15) is 5.25 Å². The van der Waals surface area contributed by atoms with Gasteiger partial charge >= 0.3 is 0 Å². The zero-order chi connectivity index (χ0) is 17.6. The number of benzene rings is 3. The summed E-state index contributed by atoms with van der Waals surface area (Å²) in [6, 6.07) is 25.0. The minimum Gasteiger partial charge on any atom is -0.323 e. The van der Waals surface area contributed by atoms with E-state index in [4.69, 9.17) is 11.6 Å². The SMILES string of the molecule is O=C(Nc1ccc(Br)cc1Cl)C(Sc1ccccc1)c1ccccc1. The van der Waals surface area contributed by atoms with Gasteiger partial charge in [0.05, 0.1) is 10.7 Å². The van der Waals surface area contributed by atoms with Crippen LogP contribution >= 0.6 is 39.3 Å². The molecule has 0 fully saturated rings. The average Bonchev–Trinajstić information content (AvgIpc) is 2.63. The molecule has 0 saturated carbocycles. The minimum absolute atomic E-state index is 0.107. The Morgan fingerprint density at radius 3 is 2.24 bits per heavy atom. The van der Waals surface area contributed by atoms with Crippen LogP contribution in [0.25, 0.3) is 0 Å². The van der Waals surface area contributed by atoms with Crippen LogP contribution in [0.1, 0.15) is 10.8 Å². The van der Waals surface area contributed by atoms with Gasteiger partial charge < -0.3 is 5.32 Å². The fourth-order valence-corrected chi connectivity index (χ4v) is 4.09. The van der Waals surface area contributed by atoms with Gasteiger partial charge in [0.25, 0.3) is 0 Å². The molecule has 2 nitrogen and oxygen atoms in total. The molecule has 0 radical (unpaired) electrons. The number of hydrogen-bond donors (Lipinski definition) is 1. The molecule has 0 heterocycles. The number of carbonyl (C=O) groups is 1. The molecule has 1 amide bonds. The Bertz CT molecular complexity index is 858. The predicted octanol–water partition coefficient (Wildman–Crippen LogP) is 6.57. The molecule has 3 aromatic carbocycles. The Hall–Kier alpha value is -1.75. The second kappa shape index (κ2) is 8.56. The fourth-order valence-electron chi connectivity index (χ4n) is 2.33. The molecule has 3 rings (SSSR count). The number of anilines is 1. The van der Waals surface area contributed by atoms with E-state index in [1.807, 2.05) is 66.7 Å². The van der Waals surface area contributed by atoms with Crippen LogP contribution in [0.2, 0.25) is 5.02 Å². The molecule has 0 saturated heterocycles. The van der Waals surface area contributed by atoms with Gasteiger partial charge in [-0.25, -0.2) is 0 Å². The van der Waals surface area contributed by atoms with Crippen molar-refractivity contribution in [3.8, 4) is 0 Å². The molecular formula is C20H15BrClNOS. The summed E-state index contributed by atoms with van der Waals surface area (Å²) in [7, 11) is 0. The maximum absolute atomic E-state index is 13.0. The van der Waals surface area contributed by atoms with Crippen molar-refractivity contribution in [2.75, 3.05) is 5.32 Å². The lowest BCUT2D eigenvalue weighted by Crippen LogP contribution is -2.19. The van der Waals surface area contributed by atoms with Gasteiger partial charge in [-0.15, -0.1) is 11.8 Å². The highest BCUT2D eigenvalue weighted by Crippen LogP contribution is 2.37. The van der Waals surface area contributed by atoms with E-state index < -0.39 is 0 Å². The van der Waals surface area contributed by atoms with Crippen LogP contribution in [0.4, 0.5) is 5.69 Å². The standard InChI is InChI=1S/C20H15BrClNOS/c21-15-11-12-18(17(22)13-15)23-20(24)19(14-7-3-1-4-8-14)25-16-9-5-2-6-10-16/h1-13,19H,(H,23,24). The highest BCUT2D eigenvalue weighted by molar-refractivity contribution is 9.10. The molecule has 0 spiro atoms. The van der Waals surface area contributed by atoms with Crippen LogP contribution in [-0.2, 0) is 4.79 Å². The van der Waals surface area contributed by atoms with E-state index in [0.717, 1.165) is 14.9 Å². The highest BCUT2D eigenvalue weighted by Gasteiger charge is 2.22. The molecular weight excluding hydrogens is 418 g/mol. The maximum atomic E-state index is 13.0. The van der Waals surface area contributed by atoms with Gasteiger partial charge in [0.15, 0.2) is 0 Å². The van der Waals surface area contributed by atoms with Gasteiger partial charge in [-0.1, -0.05) is 76.1 Å². The lowest BCUT2D eigenvalue weighted by molar-refractivity contribution is -0.115. The second-order valence-electron chi connectivity index (χ2n) is 5.34. The first-order valence-corrected chi connectivity index (χ1v) is 9.71. The lowest BCUT2D eigenvalue weighted by atomic mass is 10.1. The molecule has 1 N–H and O–H groups in total. The zero-order valence-electron chi connectivity index (χ0n) is 13.2. The summed E-state index contributed by atoms with van der Waals surface area (Å²) in [5, 5.41) is 3.07. The first kappa shape index (κ1) is 18.1. The third kappa shape index (κ3) is 4.88. The molecule has 25 heavy (non-hydrogen) atoms. The summed E-state index contributed by atoms with van der Waals surface area (Å²) >= 11 is 11.1. The van der Waals surface area contributed by atoms with Crippen molar-refractivity contribution in [1.29, 1.82) is 0 Å². The largest absolute Gasteiger partial charge is 0.323 e. The van der Waals surface area contributed by atoms with Crippen molar-refractivity contribution in [3.05, 3.63) is 93.9 Å². The van der Waals surface area contributed by atoms with Gasteiger partial charge in [-0.2, -0.15) is 0 Å². The Morgan fingerprint density at radius 1 is 0.960 bits per heavy atom. The molecule has 1 atom stereocenters. The predicted molar refractivity (Wildman–Crippen MR) is 109 cm³/mol. The first-order chi connectivity index (χ1) is 12.1. The number of nitrogens with one attached hydrogen (secondary N) is 1. The highest BCUT2D eigenvalue weighted by atomic mass is 79.9. The van der Waals surface area contributed by atoms with Crippen LogP contribution in [0.3, 0.4) is 0 Å². The van der Waals surface area contributed by atoms with Crippen LogP contribution in [-0.4, -0.2) is 5.91 Å². The van der Waals surface area contributed by atoms with Gasteiger partial charge in [0.2, 0.25) is 5.91 Å². The number of hydrogen-bond acceptors (Lipinski definition) is 2. The second-order valence-corrected chi connectivity index (χ2v) is 7.84. The molecule has 0 aliphatic carbocycles. The van der Waals surface area contributed by atoms with E-state index in [0.29, 0.717) is 10.7 Å². The van der Waals surface area contributed by atoms with Crippen molar-refractivity contribution >= 4 is 50.9 Å². The number of rotatable bonds is 5. The summed E-state index contributed by atoms with van der Waals surface area (Å²) in [4.78, 5) is 14.0. The fraction of sp³-hybridized carbons (Fsp3) is 0.0500. The molecule has 5 heteroatoms. The van der Waals surface area contributed by atoms with Gasteiger partial charge in [-0.05, 0) is 35.9 Å². The van der Waals surface area contributed by atoms with E-state index in [1.165, 1.54) is 11.8 Å². The number of thioether (sulfide) groups is 1. The molecule has 126 valence electrons. The summed E-state index contributed by atoms with van der Waals surface area (Å²) in [6.45, 7) is 0. The smallest absolute Gasteiger partial charge is 0.242 e. The van der Waals surface area contributed by atoms with E-state index in [1.54, 1.807) is 12.1 Å². The summed E-state index contributed by atoms with van der Waals surface area (Å²) in [6.07, 6.45) is 0. The third-order valence-corrected chi connectivity index (χ3v) is 5.60. The van der Waals surface area contributed by atoms with Crippen molar-refractivity contribution in [3.63, 3.8) is 0 Å². The number of halogens is 2. The van der Waals surface area contributed by atoms with Crippen molar-refractivity contribution in [2.45, 2.75) is 10.1 Å². The molecule has 3 aromatic rings. The van der Waals surface area contributed by atoms with Crippen molar-refractivity contribution in [1.82, 2.24) is 0 Å². The molecule has 0 bridgehead atoms. The third-order valence-electron chi connectivity index (χ3n) is 3.53. The number of carbonyl (C=O) groups excluding carboxylic acids is 1. The maximum Gasteiger partial charge on any atom is 0.242 e. The topological polar surface area (TPSA) is 29.1 Å². The van der Waals surface area contributed by atoms with Crippen LogP contribution in [0.15, 0.2) is 88.2 Å². The van der Waals surface area contributed by atoms with Crippen molar-refractivity contribution in [2.24, 2.45) is 0 Å². The van der Waals surface area contributed by atoms with E-state index in [2.05, 4.69) is 21.2 Å². The quantitative estimate of drug-likeness (QED) is 0.462. The molecule has 0 aromatic heterocycles. The Kier molecular flexibility index (Phi) is 6.19. The van der Waals surface area contributed by atoms with Crippen LogP contribution in [0.5, 0.6) is 0 Å². The summed E-state index contributed by atoms with van der Waals surface area (Å²) < 4.78 is 0.869. The molecule has 0 aliphatic rings. The summed E-state index contributed by atoms with van der Waals surface area (Å²) in [5.74, 6) is -0.107. The van der Waals surface area contributed by atoms with E-state index in [-0.39, 0.29) is 11.2 Å². The van der Waals surface area contributed by atoms with E-state index >= 15 is 0 Å². The van der Waals surface area contributed by atoms with Crippen molar-refractivity contribution < 1.29 is 4.79 Å². The van der Waals surface area contributed by atoms with Gasteiger partial charge in [0, 0.05) is 9.37 Å². The minimum atomic E-state index is -0.372.